The Morgan fingerprint density at radius 1 is 1.70 bits per heavy atom. The van der Waals surface area contributed by atoms with Crippen LogP contribution in [0.25, 0.3) is 0 Å². The van der Waals surface area contributed by atoms with Gasteiger partial charge in [0.05, 0.1) is 13.2 Å². The first-order valence-corrected chi connectivity index (χ1v) is 2.87. The lowest BCUT2D eigenvalue weighted by Crippen LogP contribution is -2.14. The molecule has 0 aromatic carbocycles. The van der Waals surface area contributed by atoms with Gasteiger partial charge in [0.25, 0.3) is 5.56 Å². The third-order valence-corrected chi connectivity index (χ3v) is 1.22. The molecule has 10 heavy (non-hydrogen) atoms. The average molecular weight is 138 g/mol. The Bertz CT molecular complexity index is 277. The first-order chi connectivity index (χ1) is 4.74. The second-order valence-electron chi connectivity index (χ2n) is 1.93. The summed E-state index contributed by atoms with van der Waals surface area (Å²) in [5, 5.41) is 0. The minimum absolute atomic E-state index is 0.181. The minimum atomic E-state index is -0.181. The molecule has 1 rings (SSSR count). The van der Waals surface area contributed by atoms with Crippen LogP contribution >= 0.6 is 0 Å². The summed E-state index contributed by atoms with van der Waals surface area (Å²) in [7, 11) is 3.17. The summed E-state index contributed by atoms with van der Waals surface area (Å²) in [6.07, 6.45) is 1.64. The maximum atomic E-state index is 10.8. The van der Waals surface area contributed by atoms with Crippen LogP contribution < -0.4 is 10.3 Å². The molecular formula is C7H8NO2. The SMILES string of the molecule is COc1[c]c(=O)n(C)cc1. The molecule has 0 fully saturated rings. The number of hydrogen-bond acceptors (Lipinski definition) is 2. The summed E-state index contributed by atoms with van der Waals surface area (Å²) >= 11 is 0. The van der Waals surface area contributed by atoms with E-state index in [4.69, 9.17) is 4.74 Å². The normalized spacial score (nSPS) is 9.40. The molecule has 1 aromatic rings. The van der Waals surface area contributed by atoms with Gasteiger partial charge in [-0.1, -0.05) is 0 Å². The van der Waals surface area contributed by atoms with Crippen molar-refractivity contribution in [2.75, 3.05) is 7.11 Å². The molecule has 3 nitrogen and oxygen atoms in total. The van der Waals surface area contributed by atoms with E-state index in [0.717, 1.165) is 0 Å². The van der Waals surface area contributed by atoms with E-state index in [1.165, 1.54) is 11.7 Å². The molecule has 1 aromatic heterocycles. The molecule has 0 saturated carbocycles. The lowest BCUT2D eigenvalue weighted by atomic mass is 10.4. The lowest BCUT2D eigenvalue weighted by molar-refractivity contribution is 0.411. The maximum Gasteiger partial charge on any atom is 0.262 e. The molecule has 0 saturated heterocycles. The largest absolute Gasteiger partial charge is 0.496 e. The Morgan fingerprint density at radius 2 is 2.40 bits per heavy atom. The Kier molecular flexibility index (Phi) is 1.76. The molecule has 1 heterocycles. The van der Waals surface area contributed by atoms with Gasteiger partial charge in [0.15, 0.2) is 0 Å². The van der Waals surface area contributed by atoms with E-state index in [0.29, 0.717) is 5.75 Å². The highest BCUT2D eigenvalue weighted by atomic mass is 16.5. The van der Waals surface area contributed by atoms with Crippen LogP contribution in [0, 0.1) is 6.07 Å². The first-order valence-electron chi connectivity index (χ1n) is 2.87. The van der Waals surface area contributed by atoms with Gasteiger partial charge in [0, 0.05) is 13.2 Å². The summed E-state index contributed by atoms with van der Waals surface area (Å²) in [6, 6.07) is 4.19. The van der Waals surface area contributed by atoms with Gasteiger partial charge in [-0.2, -0.15) is 0 Å². The second kappa shape index (κ2) is 2.56. The molecule has 0 atom stereocenters. The predicted octanol–water partition coefficient (Wildman–Crippen LogP) is 0.194. The van der Waals surface area contributed by atoms with Gasteiger partial charge in [-0.15, -0.1) is 0 Å². The molecule has 0 aliphatic heterocycles. The van der Waals surface area contributed by atoms with Crippen LogP contribution in [0.15, 0.2) is 17.1 Å². The predicted molar refractivity (Wildman–Crippen MR) is 37.1 cm³/mol. The van der Waals surface area contributed by atoms with Crippen molar-refractivity contribution in [1.82, 2.24) is 4.57 Å². The average Bonchev–Trinajstić information content (AvgIpc) is 1.95. The van der Waals surface area contributed by atoms with Gasteiger partial charge in [0.2, 0.25) is 0 Å². The summed E-state index contributed by atoms with van der Waals surface area (Å²) in [6.45, 7) is 0. The zero-order chi connectivity index (χ0) is 7.56. The molecule has 3 heteroatoms. The molecule has 0 spiro atoms. The van der Waals surface area contributed by atoms with Gasteiger partial charge < -0.3 is 9.30 Å². The fourth-order valence-electron chi connectivity index (χ4n) is 0.602. The topological polar surface area (TPSA) is 31.2 Å². The first kappa shape index (κ1) is 6.86. The standard InChI is InChI=1S/C7H8NO2/c1-8-4-3-6(10-2)5-7(8)9/h3-4H,1-2H3. The van der Waals surface area contributed by atoms with Crippen LogP contribution in [0.4, 0.5) is 0 Å². The fourth-order valence-corrected chi connectivity index (χ4v) is 0.602. The van der Waals surface area contributed by atoms with Gasteiger partial charge in [-0.05, 0) is 6.07 Å². The Labute approximate surface area is 58.9 Å². The van der Waals surface area contributed by atoms with Crippen LogP contribution in [0.1, 0.15) is 0 Å². The smallest absolute Gasteiger partial charge is 0.262 e. The van der Waals surface area contributed by atoms with E-state index >= 15 is 0 Å². The van der Waals surface area contributed by atoms with Crippen molar-refractivity contribution in [3.8, 4) is 5.75 Å². The van der Waals surface area contributed by atoms with Crippen molar-refractivity contribution in [3.63, 3.8) is 0 Å². The van der Waals surface area contributed by atoms with Crippen LogP contribution in [0.3, 0.4) is 0 Å². The third kappa shape index (κ3) is 1.18. The summed E-state index contributed by atoms with van der Waals surface area (Å²) in [5.41, 5.74) is -0.181. The van der Waals surface area contributed by atoms with E-state index in [1.807, 2.05) is 0 Å². The van der Waals surface area contributed by atoms with Crippen LogP contribution in [-0.2, 0) is 7.05 Å². The zero-order valence-corrected chi connectivity index (χ0v) is 5.92. The number of aromatic nitrogens is 1. The van der Waals surface area contributed by atoms with Gasteiger partial charge in [-0.3, -0.25) is 4.79 Å². The molecule has 0 unspecified atom stereocenters. The maximum absolute atomic E-state index is 10.8. The Morgan fingerprint density at radius 3 is 2.90 bits per heavy atom. The summed E-state index contributed by atoms with van der Waals surface area (Å²) in [5.74, 6) is 0.475. The van der Waals surface area contributed by atoms with Crippen molar-refractivity contribution < 1.29 is 4.74 Å². The molecule has 53 valence electrons. The summed E-state index contributed by atoms with van der Waals surface area (Å²) < 4.78 is 6.21. The van der Waals surface area contributed by atoms with Gasteiger partial charge in [0.1, 0.15) is 5.75 Å². The monoisotopic (exact) mass is 138 g/mol. The van der Waals surface area contributed by atoms with E-state index < -0.39 is 0 Å². The number of methoxy groups -OCH3 is 1. The van der Waals surface area contributed by atoms with E-state index in [2.05, 4.69) is 6.07 Å². The Balaban J connectivity index is 3.17. The molecule has 1 radical (unpaired) electrons. The van der Waals surface area contributed by atoms with E-state index in [9.17, 15) is 4.79 Å². The van der Waals surface area contributed by atoms with Crippen molar-refractivity contribution >= 4 is 0 Å². The highest BCUT2D eigenvalue weighted by Gasteiger charge is 1.92. The number of pyridine rings is 1. The third-order valence-electron chi connectivity index (χ3n) is 1.22. The molecule has 0 N–H and O–H groups in total. The number of ether oxygens (including phenoxy) is 1. The number of nitrogens with zero attached hydrogens (tertiary/aromatic N) is 1. The van der Waals surface area contributed by atoms with Crippen molar-refractivity contribution in [1.29, 1.82) is 0 Å². The van der Waals surface area contributed by atoms with E-state index in [-0.39, 0.29) is 5.56 Å². The minimum Gasteiger partial charge on any atom is -0.496 e. The molecule has 0 aliphatic carbocycles. The van der Waals surface area contributed by atoms with Crippen LogP contribution in [0.2, 0.25) is 0 Å². The molecule has 0 aliphatic rings. The van der Waals surface area contributed by atoms with E-state index in [1.54, 1.807) is 19.3 Å². The molecule has 0 amide bonds. The van der Waals surface area contributed by atoms with Crippen LogP contribution in [0.5, 0.6) is 5.75 Å². The van der Waals surface area contributed by atoms with Crippen molar-refractivity contribution in [2.45, 2.75) is 0 Å². The van der Waals surface area contributed by atoms with Gasteiger partial charge >= 0.3 is 0 Å². The number of rotatable bonds is 1. The second-order valence-corrected chi connectivity index (χ2v) is 1.93. The van der Waals surface area contributed by atoms with Crippen molar-refractivity contribution in [3.05, 3.63) is 28.7 Å². The highest BCUT2D eigenvalue weighted by molar-refractivity contribution is 5.15. The molecule has 0 bridgehead atoms. The highest BCUT2D eigenvalue weighted by Crippen LogP contribution is 2.01. The van der Waals surface area contributed by atoms with Crippen molar-refractivity contribution in [2.24, 2.45) is 7.05 Å². The lowest BCUT2D eigenvalue weighted by Gasteiger charge is -1.98. The zero-order valence-electron chi connectivity index (χ0n) is 5.92. The fraction of sp³-hybridized carbons (Fsp3) is 0.286. The van der Waals surface area contributed by atoms with Crippen LogP contribution in [-0.4, -0.2) is 11.7 Å². The number of hydrogen-bond donors (Lipinski definition) is 0. The molecular weight excluding hydrogens is 130 g/mol. The summed E-state index contributed by atoms with van der Waals surface area (Å²) in [4.78, 5) is 10.8. The Hall–Kier alpha value is -1.25. The number of aryl methyl sites for hydroxylation is 1. The quantitative estimate of drug-likeness (QED) is 0.555. The van der Waals surface area contributed by atoms with Gasteiger partial charge in [-0.25, -0.2) is 0 Å².